The number of likely N-dealkylation sites (tertiary alicyclic amines) is 1. The van der Waals surface area contributed by atoms with E-state index in [-0.39, 0.29) is 5.92 Å². The van der Waals surface area contributed by atoms with Crippen LogP contribution in [0.4, 0.5) is 8.78 Å². The monoisotopic (exact) mass is 191 g/mol. The van der Waals surface area contributed by atoms with Gasteiger partial charge in [-0.2, -0.15) is 0 Å². The van der Waals surface area contributed by atoms with Gasteiger partial charge >= 0.3 is 0 Å². The highest BCUT2D eigenvalue weighted by Crippen LogP contribution is 2.32. The number of hydrogen-bond acceptors (Lipinski definition) is 1. The summed E-state index contributed by atoms with van der Waals surface area (Å²) < 4.78 is 25.8. The quantitative estimate of drug-likeness (QED) is 0.663. The van der Waals surface area contributed by atoms with E-state index >= 15 is 0 Å². The zero-order chi connectivity index (χ0) is 9.90. The van der Waals surface area contributed by atoms with E-state index in [2.05, 4.69) is 11.8 Å². The minimum atomic E-state index is -2.47. The van der Waals surface area contributed by atoms with Crippen LogP contribution >= 0.6 is 0 Å². The summed E-state index contributed by atoms with van der Waals surface area (Å²) in [5, 5.41) is 0. The average Bonchev–Trinajstić information content (AvgIpc) is 2.04. The molecule has 0 bridgehead atoms. The molecule has 1 rings (SSSR count). The van der Waals surface area contributed by atoms with E-state index in [0.29, 0.717) is 12.8 Å². The molecule has 1 saturated heterocycles. The van der Waals surface area contributed by atoms with Crippen molar-refractivity contribution in [1.29, 1.82) is 0 Å². The van der Waals surface area contributed by atoms with Crippen LogP contribution in [0.25, 0.3) is 0 Å². The first kappa shape index (κ1) is 10.9. The van der Waals surface area contributed by atoms with Crippen molar-refractivity contribution in [1.82, 2.24) is 4.90 Å². The second-order valence-corrected chi connectivity index (χ2v) is 4.07. The first-order valence-electron chi connectivity index (χ1n) is 5.14. The van der Waals surface area contributed by atoms with Gasteiger partial charge in [-0.25, -0.2) is 8.78 Å². The Labute approximate surface area is 79.1 Å². The SMILES string of the molecule is CCCN1CCC(C(C)(F)F)CC1. The zero-order valence-corrected chi connectivity index (χ0v) is 8.52. The standard InChI is InChI=1S/C10H19F2N/c1-3-6-13-7-4-9(5-8-13)10(2,11)12/h9H,3-8H2,1-2H3. The van der Waals surface area contributed by atoms with E-state index in [9.17, 15) is 8.78 Å². The lowest BCUT2D eigenvalue weighted by Crippen LogP contribution is -2.39. The summed E-state index contributed by atoms with van der Waals surface area (Å²) in [4.78, 5) is 2.28. The van der Waals surface area contributed by atoms with Gasteiger partial charge < -0.3 is 4.90 Å². The van der Waals surface area contributed by atoms with Crippen molar-refractivity contribution in [2.75, 3.05) is 19.6 Å². The van der Waals surface area contributed by atoms with Crippen LogP contribution in [-0.2, 0) is 0 Å². The van der Waals surface area contributed by atoms with Gasteiger partial charge in [0, 0.05) is 5.92 Å². The molecule has 1 aliphatic heterocycles. The molecule has 1 aliphatic rings. The molecule has 0 atom stereocenters. The van der Waals surface area contributed by atoms with Crippen molar-refractivity contribution in [2.45, 2.75) is 39.0 Å². The topological polar surface area (TPSA) is 3.24 Å². The smallest absolute Gasteiger partial charge is 0.248 e. The number of halogens is 2. The molecule has 0 unspecified atom stereocenters. The van der Waals surface area contributed by atoms with Crippen molar-refractivity contribution in [3.05, 3.63) is 0 Å². The fraction of sp³-hybridized carbons (Fsp3) is 1.00. The van der Waals surface area contributed by atoms with E-state index < -0.39 is 5.92 Å². The summed E-state index contributed by atoms with van der Waals surface area (Å²) in [6.07, 6.45) is 2.43. The highest BCUT2D eigenvalue weighted by molar-refractivity contribution is 4.79. The van der Waals surface area contributed by atoms with Crippen molar-refractivity contribution in [2.24, 2.45) is 5.92 Å². The van der Waals surface area contributed by atoms with Gasteiger partial charge in [0.15, 0.2) is 0 Å². The number of nitrogens with zero attached hydrogens (tertiary/aromatic N) is 1. The molecule has 0 aliphatic carbocycles. The van der Waals surface area contributed by atoms with Gasteiger partial charge in [-0.3, -0.25) is 0 Å². The molecule has 0 aromatic rings. The van der Waals surface area contributed by atoms with Gasteiger partial charge in [-0.05, 0) is 45.8 Å². The maximum absolute atomic E-state index is 12.9. The second-order valence-electron chi connectivity index (χ2n) is 4.07. The Morgan fingerprint density at radius 1 is 1.31 bits per heavy atom. The van der Waals surface area contributed by atoms with Crippen molar-refractivity contribution in [3.8, 4) is 0 Å². The van der Waals surface area contributed by atoms with Crippen molar-refractivity contribution >= 4 is 0 Å². The Bertz CT molecular complexity index is 145. The van der Waals surface area contributed by atoms with E-state index in [1.807, 2.05) is 0 Å². The Kier molecular flexibility index (Phi) is 3.65. The van der Waals surface area contributed by atoms with E-state index in [1.54, 1.807) is 0 Å². The van der Waals surface area contributed by atoms with E-state index in [0.717, 1.165) is 33.0 Å². The average molecular weight is 191 g/mol. The molecule has 0 saturated carbocycles. The van der Waals surface area contributed by atoms with Crippen LogP contribution in [0.15, 0.2) is 0 Å². The van der Waals surface area contributed by atoms with Gasteiger partial charge in [-0.1, -0.05) is 6.92 Å². The lowest BCUT2D eigenvalue weighted by molar-refractivity contribution is -0.0618. The normalized spacial score (nSPS) is 22.2. The fourth-order valence-corrected chi connectivity index (χ4v) is 1.98. The fourth-order valence-electron chi connectivity index (χ4n) is 1.98. The number of hydrogen-bond donors (Lipinski definition) is 0. The first-order chi connectivity index (χ1) is 6.04. The summed E-state index contributed by atoms with van der Waals surface area (Å²) in [7, 11) is 0. The molecule has 0 spiro atoms. The molecule has 0 amide bonds. The zero-order valence-electron chi connectivity index (χ0n) is 8.52. The molecular formula is C10H19F2N. The van der Waals surface area contributed by atoms with Crippen LogP contribution in [-0.4, -0.2) is 30.5 Å². The number of piperidine rings is 1. The Morgan fingerprint density at radius 3 is 2.23 bits per heavy atom. The highest BCUT2D eigenvalue weighted by Gasteiger charge is 2.35. The van der Waals surface area contributed by atoms with Crippen LogP contribution in [0.3, 0.4) is 0 Å². The molecule has 0 aromatic heterocycles. The largest absolute Gasteiger partial charge is 0.303 e. The predicted molar refractivity (Wildman–Crippen MR) is 50.1 cm³/mol. The predicted octanol–water partition coefficient (Wildman–Crippen LogP) is 2.76. The molecule has 0 N–H and O–H groups in total. The maximum atomic E-state index is 12.9. The van der Waals surface area contributed by atoms with Crippen LogP contribution in [0, 0.1) is 5.92 Å². The second kappa shape index (κ2) is 4.36. The minimum Gasteiger partial charge on any atom is -0.303 e. The third kappa shape index (κ3) is 3.22. The third-order valence-corrected chi connectivity index (χ3v) is 2.84. The summed E-state index contributed by atoms with van der Waals surface area (Å²) in [6, 6.07) is 0. The van der Waals surface area contributed by atoms with Crippen LogP contribution in [0.1, 0.15) is 33.1 Å². The van der Waals surface area contributed by atoms with Gasteiger partial charge in [-0.15, -0.1) is 0 Å². The lowest BCUT2D eigenvalue weighted by Gasteiger charge is -2.34. The minimum absolute atomic E-state index is 0.388. The molecule has 3 heteroatoms. The molecule has 78 valence electrons. The van der Waals surface area contributed by atoms with Crippen molar-refractivity contribution < 1.29 is 8.78 Å². The van der Waals surface area contributed by atoms with E-state index in [1.165, 1.54) is 0 Å². The first-order valence-corrected chi connectivity index (χ1v) is 5.14. The summed E-state index contributed by atoms with van der Waals surface area (Å²) in [6.45, 7) is 5.93. The molecular weight excluding hydrogens is 172 g/mol. The van der Waals surface area contributed by atoms with Gasteiger partial charge in [0.2, 0.25) is 5.92 Å². The number of alkyl halides is 2. The Morgan fingerprint density at radius 2 is 1.85 bits per heavy atom. The van der Waals surface area contributed by atoms with Crippen LogP contribution in [0.5, 0.6) is 0 Å². The van der Waals surface area contributed by atoms with Gasteiger partial charge in [0.1, 0.15) is 0 Å². The lowest BCUT2D eigenvalue weighted by atomic mass is 9.91. The molecule has 0 aromatic carbocycles. The summed E-state index contributed by atoms with van der Waals surface area (Å²) in [5.41, 5.74) is 0. The molecule has 1 fully saturated rings. The Balaban J connectivity index is 2.30. The maximum Gasteiger partial charge on any atom is 0.248 e. The van der Waals surface area contributed by atoms with E-state index in [4.69, 9.17) is 0 Å². The Hall–Kier alpha value is -0.180. The van der Waals surface area contributed by atoms with Gasteiger partial charge in [0.05, 0.1) is 0 Å². The van der Waals surface area contributed by atoms with Crippen LogP contribution < -0.4 is 0 Å². The molecule has 0 radical (unpaired) electrons. The molecule has 1 heterocycles. The third-order valence-electron chi connectivity index (χ3n) is 2.84. The van der Waals surface area contributed by atoms with Crippen LogP contribution in [0.2, 0.25) is 0 Å². The summed E-state index contributed by atoms with van der Waals surface area (Å²) >= 11 is 0. The highest BCUT2D eigenvalue weighted by atomic mass is 19.3. The number of rotatable bonds is 3. The molecule has 1 nitrogen and oxygen atoms in total. The molecule has 13 heavy (non-hydrogen) atoms. The van der Waals surface area contributed by atoms with Crippen molar-refractivity contribution in [3.63, 3.8) is 0 Å². The van der Waals surface area contributed by atoms with Gasteiger partial charge in [0.25, 0.3) is 0 Å². The summed E-state index contributed by atoms with van der Waals surface area (Å²) in [5.74, 6) is -2.86.